The van der Waals surface area contributed by atoms with Crippen LogP contribution in [-0.4, -0.2) is 25.8 Å². The maximum absolute atomic E-state index is 5.83. The van der Waals surface area contributed by atoms with Crippen molar-refractivity contribution in [3.8, 4) is 0 Å². The second-order valence-electron chi connectivity index (χ2n) is 4.83. The van der Waals surface area contributed by atoms with Gasteiger partial charge in [0.15, 0.2) is 0 Å². The van der Waals surface area contributed by atoms with Gasteiger partial charge in [0.1, 0.15) is 0 Å². The second-order valence-corrected chi connectivity index (χ2v) is 4.83. The van der Waals surface area contributed by atoms with Crippen LogP contribution in [0.1, 0.15) is 45.4 Å². The Bertz CT molecular complexity index is 207. The Balaban J connectivity index is 2.71. The van der Waals surface area contributed by atoms with Gasteiger partial charge in [-0.2, -0.15) is 0 Å². The zero-order chi connectivity index (χ0) is 11.3. The fourth-order valence-corrected chi connectivity index (χ4v) is 2.74. The summed E-state index contributed by atoms with van der Waals surface area (Å²) in [6.45, 7) is 6.10. The van der Waals surface area contributed by atoms with Gasteiger partial charge in [-0.1, -0.05) is 24.8 Å². The van der Waals surface area contributed by atoms with Crippen molar-refractivity contribution in [2.75, 3.05) is 14.2 Å². The summed E-state index contributed by atoms with van der Waals surface area (Å²) in [7, 11) is 3.89. The van der Waals surface area contributed by atoms with Crippen LogP contribution in [0.15, 0.2) is 12.2 Å². The van der Waals surface area contributed by atoms with Crippen molar-refractivity contribution in [2.45, 2.75) is 57.1 Å². The van der Waals surface area contributed by atoms with Crippen LogP contribution in [-0.2, 0) is 4.74 Å². The lowest BCUT2D eigenvalue weighted by Gasteiger charge is -2.42. The molecule has 0 amide bonds. The molecule has 1 rings (SSSR count). The lowest BCUT2D eigenvalue weighted by Crippen LogP contribution is -2.52. The zero-order valence-electron chi connectivity index (χ0n) is 10.4. The van der Waals surface area contributed by atoms with Crippen LogP contribution in [0.3, 0.4) is 0 Å². The summed E-state index contributed by atoms with van der Waals surface area (Å²) in [5, 5.41) is 3.41. The van der Waals surface area contributed by atoms with Crippen LogP contribution in [0.5, 0.6) is 0 Å². The van der Waals surface area contributed by atoms with E-state index in [0.717, 1.165) is 6.42 Å². The minimum atomic E-state index is 0.0476. The Morgan fingerprint density at radius 3 is 2.40 bits per heavy atom. The second kappa shape index (κ2) is 5.66. The summed E-state index contributed by atoms with van der Waals surface area (Å²) < 4.78 is 5.83. The van der Waals surface area contributed by atoms with Crippen molar-refractivity contribution in [3.63, 3.8) is 0 Å². The molecule has 1 aliphatic rings. The molecule has 1 N–H and O–H groups in total. The first-order valence-electron chi connectivity index (χ1n) is 6.01. The molecule has 1 saturated carbocycles. The molecular formula is C13H25NO. The average molecular weight is 211 g/mol. The first-order valence-corrected chi connectivity index (χ1v) is 6.01. The molecule has 1 atom stereocenters. The first-order chi connectivity index (χ1) is 7.14. The number of methoxy groups -OCH3 is 1. The maximum atomic E-state index is 5.83. The molecule has 0 radical (unpaired) electrons. The van der Waals surface area contributed by atoms with Crippen LogP contribution < -0.4 is 5.32 Å². The summed E-state index contributed by atoms with van der Waals surface area (Å²) in [6, 6.07) is 0.417. The van der Waals surface area contributed by atoms with Gasteiger partial charge in [-0.05, 0) is 33.2 Å². The summed E-state index contributed by atoms with van der Waals surface area (Å²) in [5.41, 5.74) is 1.28. The van der Waals surface area contributed by atoms with Crippen molar-refractivity contribution in [3.05, 3.63) is 12.2 Å². The molecule has 1 unspecified atom stereocenters. The fourth-order valence-electron chi connectivity index (χ4n) is 2.74. The van der Waals surface area contributed by atoms with Gasteiger partial charge in [-0.15, -0.1) is 6.58 Å². The first kappa shape index (κ1) is 12.7. The number of ether oxygens (including phenoxy) is 1. The van der Waals surface area contributed by atoms with Gasteiger partial charge in [-0.3, -0.25) is 0 Å². The van der Waals surface area contributed by atoms with Crippen molar-refractivity contribution in [2.24, 2.45) is 0 Å². The molecule has 1 aliphatic carbocycles. The van der Waals surface area contributed by atoms with Gasteiger partial charge < -0.3 is 10.1 Å². The third-order valence-electron chi connectivity index (χ3n) is 3.64. The van der Waals surface area contributed by atoms with E-state index in [-0.39, 0.29) is 5.60 Å². The maximum Gasteiger partial charge on any atom is 0.0834 e. The number of likely N-dealkylation sites (N-methyl/N-ethyl adjacent to an activating group) is 1. The van der Waals surface area contributed by atoms with Crippen molar-refractivity contribution >= 4 is 0 Å². The lowest BCUT2D eigenvalue weighted by molar-refractivity contribution is -0.0656. The number of rotatable bonds is 5. The molecule has 1 fully saturated rings. The Labute approximate surface area is 94.1 Å². The summed E-state index contributed by atoms with van der Waals surface area (Å²) in [6.07, 6.45) is 7.33. The third kappa shape index (κ3) is 3.05. The highest BCUT2D eigenvalue weighted by Crippen LogP contribution is 2.35. The Kier molecular flexibility index (Phi) is 4.81. The van der Waals surface area contributed by atoms with Crippen LogP contribution in [0.4, 0.5) is 0 Å². The third-order valence-corrected chi connectivity index (χ3v) is 3.64. The van der Waals surface area contributed by atoms with Crippen LogP contribution in [0.2, 0.25) is 0 Å². The monoisotopic (exact) mass is 211 g/mol. The van der Waals surface area contributed by atoms with Crippen LogP contribution in [0.25, 0.3) is 0 Å². The Morgan fingerprint density at radius 2 is 2.00 bits per heavy atom. The molecule has 2 heteroatoms. The van der Waals surface area contributed by atoms with Crippen molar-refractivity contribution in [1.29, 1.82) is 0 Å². The van der Waals surface area contributed by atoms with E-state index < -0.39 is 0 Å². The molecule has 0 heterocycles. The number of nitrogens with one attached hydrogen (secondary N) is 1. The van der Waals surface area contributed by atoms with Crippen LogP contribution >= 0.6 is 0 Å². The molecule has 88 valence electrons. The van der Waals surface area contributed by atoms with Gasteiger partial charge in [0, 0.05) is 13.2 Å². The van der Waals surface area contributed by atoms with Crippen LogP contribution in [0, 0.1) is 0 Å². The normalized spacial score (nSPS) is 22.3. The molecule has 2 nitrogen and oxygen atoms in total. The highest BCUT2D eigenvalue weighted by Gasteiger charge is 2.38. The van der Waals surface area contributed by atoms with E-state index in [1.807, 2.05) is 14.2 Å². The largest absolute Gasteiger partial charge is 0.377 e. The Morgan fingerprint density at radius 1 is 1.40 bits per heavy atom. The lowest BCUT2D eigenvalue weighted by atomic mass is 9.77. The van der Waals surface area contributed by atoms with Gasteiger partial charge in [0.25, 0.3) is 0 Å². The van der Waals surface area contributed by atoms with Crippen molar-refractivity contribution in [1.82, 2.24) is 5.32 Å². The molecule has 0 aromatic carbocycles. The average Bonchev–Trinajstić information content (AvgIpc) is 2.26. The number of hydrogen-bond acceptors (Lipinski definition) is 2. The summed E-state index contributed by atoms with van der Waals surface area (Å²) >= 11 is 0. The molecule has 0 aliphatic heterocycles. The highest BCUT2D eigenvalue weighted by atomic mass is 16.5. The van der Waals surface area contributed by atoms with Gasteiger partial charge in [0.05, 0.1) is 5.60 Å². The Hall–Kier alpha value is -0.340. The van der Waals surface area contributed by atoms with E-state index >= 15 is 0 Å². The van der Waals surface area contributed by atoms with Crippen molar-refractivity contribution < 1.29 is 4.74 Å². The van der Waals surface area contributed by atoms with Gasteiger partial charge in [0.2, 0.25) is 0 Å². The molecular weight excluding hydrogens is 186 g/mol. The van der Waals surface area contributed by atoms with E-state index in [4.69, 9.17) is 4.74 Å². The van der Waals surface area contributed by atoms with Gasteiger partial charge >= 0.3 is 0 Å². The minimum Gasteiger partial charge on any atom is -0.377 e. The number of hydrogen-bond donors (Lipinski definition) is 1. The van der Waals surface area contributed by atoms with E-state index in [9.17, 15) is 0 Å². The zero-order valence-corrected chi connectivity index (χ0v) is 10.4. The quantitative estimate of drug-likeness (QED) is 0.706. The molecule has 0 bridgehead atoms. The topological polar surface area (TPSA) is 21.3 Å². The molecule has 0 aromatic heterocycles. The minimum absolute atomic E-state index is 0.0476. The summed E-state index contributed by atoms with van der Waals surface area (Å²) in [4.78, 5) is 0. The predicted octanol–water partition coefficient (Wildman–Crippen LogP) is 2.89. The molecule has 15 heavy (non-hydrogen) atoms. The van der Waals surface area contributed by atoms with Gasteiger partial charge in [-0.25, -0.2) is 0 Å². The van der Waals surface area contributed by atoms with E-state index in [2.05, 4.69) is 18.8 Å². The smallest absolute Gasteiger partial charge is 0.0834 e. The summed E-state index contributed by atoms with van der Waals surface area (Å²) in [5.74, 6) is 0. The van der Waals surface area contributed by atoms with E-state index in [1.54, 1.807) is 0 Å². The molecule has 0 spiro atoms. The van der Waals surface area contributed by atoms with E-state index in [0.29, 0.717) is 6.04 Å². The standard InChI is InChI=1S/C13H25NO/c1-11(2)10-12(14-3)13(15-4)8-6-5-7-9-13/h12,14H,1,5-10H2,2-4H3. The highest BCUT2D eigenvalue weighted by molar-refractivity contribution is 5.02. The molecule has 0 saturated heterocycles. The fraction of sp³-hybridized carbons (Fsp3) is 0.846. The van der Waals surface area contributed by atoms with E-state index in [1.165, 1.54) is 37.7 Å². The predicted molar refractivity (Wildman–Crippen MR) is 65.1 cm³/mol. The molecule has 0 aromatic rings. The SMILES string of the molecule is C=C(C)CC(NC)C1(OC)CCCCC1.